The molecule has 0 saturated heterocycles. The van der Waals surface area contributed by atoms with Crippen LogP contribution in [0.4, 0.5) is 0 Å². The van der Waals surface area contributed by atoms with Gasteiger partial charge in [0.25, 0.3) is 0 Å². The maximum atomic E-state index is 6.12. The second-order valence-electron chi connectivity index (χ2n) is 5.53. The number of fused-ring (bicyclic) bond motifs is 1. The highest BCUT2D eigenvalue weighted by Crippen LogP contribution is 2.28. The van der Waals surface area contributed by atoms with Crippen LogP contribution in [-0.4, -0.2) is 9.55 Å². The summed E-state index contributed by atoms with van der Waals surface area (Å²) in [6, 6.07) is 10.5. The second kappa shape index (κ2) is 5.28. The lowest BCUT2D eigenvalue weighted by Gasteiger charge is -2.15. The molecule has 0 aliphatic carbocycles. The van der Waals surface area contributed by atoms with Gasteiger partial charge in [-0.25, -0.2) is 4.98 Å². The quantitative estimate of drug-likeness (QED) is 0.748. The van der Waals surface area contributed by atoms with Gasteiger partial charge in [-0.3, -0.25) is 4.57 Å². The Morgan fingerprint density at radius 1 is 1.14 bits per heavy atom. The van der Waals surface area contributed by atoms with E-state index < -0.39 is 0 Å². The summed E-state index contributed by atoms with van der Waals surface area (Å²) >= 11 is 3.55. The molecule has 0 aliphatic heterocycles. The third kappa shape index (κ3) is 2.49. The van der Waals surface area contributed by atoms with Crippen molar-refractivity contribution in [3.8, 4) is 5.69 Å². The molecule has 0 aliphatic rings. The maximum absolute atomic E-state index is 6.12. The van der Waals surface area contributed by atoms with Crippen LogP contribution in [-0.2, 0) is 0 Å². The molecule has 4 heteroatoms. The number of aryl methyl sites for hydroxylation is 2. The summed E-state index contributed by atoms with van der Waals surface area (Å²) in [6.07, 6.45) is 1.87. The molecule has 3 rings (SSSR count). The van der Waals surface area contributed by atoms with Crippen molar-refractivity contribution < 1.29 is 0 Å². The van der Waals surface area contributed by atoms with E-state index in [0.29, 0.717) is 0 Å². The molecule has 0 saturated carbocycles. The molecule has 1 atom stereocenters. The van der Waals surface area contributed by atoms with Gasteiger partial charge in [0.15, 0.2) is 0 Å². The van der Waals surface area contributed by atoms with Gasteiger partial charge >= 0.3 is 0 Å². The number of nitrogens with zero attached hydrogens (tertiary/aromatic N) is 2. The monoisotopic (exact) mass is 343 g/mol. The zero-order chi connectivity index (χ0) is 15.1. The minimum absolute atomic E-state index is 0.0305. The molecule has 3 nitrogen and oxygen atoms in total. The third-order valence-electron chi connectivity index (χ3n) is 3.91. The number of nitrogens with two attached hydrogens (primary N) is 1. The zero-order valence-electron chi connectivity index (χ0n) is 12.4. The predicted molar refractivity (Wildman–Crippen MR) is 90.8 cm³/mol. The van der Waals surface area contributed by atoms with Crippen molar-refractivity contribution in [2.24, 2.45) is 5.73 Å². The number of aromatic nitrogens is 2. The van der Waals surface area contributed by atoms with Gasteiger partial charge in [-0.15, -0.1) is 0 Å². The molecule has 1 aromatic heterocycles. The molecule has 21 heavy (non-hydrogen) atoms. The first-order valence-corrected chi connectivity index (χ1v) is 7.76. The highest BCUT2D eigenvalue weighted by atomic mass is 79.9. The molecular weight excluding hydrogens is 326 g/mol. The Bertz CT molecular complexity index is 818. The standard InChI is InChI=1S/C17H18BrN3/c1-10-6-15-17(7-11(10)2)21(9-20-15)16-8-13(18)4-5-14(16)12(3)19/h4-9,12H,19H2,1-3H3. The van der Waals surface area contributed by atoms with E-state index in [4.69, 9.17) is 5.73 Å². The Hall–Kier alpha value is -1.65. The van der Waals surface area contributed by atoms with Gasteiger partial charge in [-0.1, -0.05) is 22.0 Å². The van der Waals surface area contributed by atoms with E-state index in [1.165, 1.54) is 11.1 Å². The number of rotatable bonds is 2. The van der Waals surface area contributed by atoms with Gasteiger partial charge < -0.3 is 5.73 Å². The van der Waals surface area contributed by atoms with Crippen molar-refractivity contribution in [3.63, 3.8) is 0 Å². The molecule has 0 radical (unpaired) electrons. The molecular formula is C17H18BrN3. The molecule has 2 N–H and O–H groups in total. The smallest absolute Gasteiger partial charge is 0.100 e. The van der Waals surface area contributed by atoms with E-state index in [-0.39, 0.29) is 6.04 Å². The van der Waals surface area contributed by atoms with Gasteiger partial charge in [0.2, 0.25) is 0 Å². The fraction of sp³-hybridized carbons (Fsp3) is 0.235. The highest BCUT2D eigenvalue weighted by Gasteiger charge is 2.13. The number of hydrogen-bond donors (Lipinski definition) is 1. The molecule has 1 heterocycles. The second-order valence-corrected chi connectivity index (χ2v) is 6.45. The van der Waals surface area contributed by atoms with Gasteiger partial charge in [0, 0.05) is 10.5 Å². The lowest BCUT2D eigenvalue weighted by molar-refractivity contribution is 0.805. The largest absolute Gasteiger partial charge is 0.324 e. The highest BCUT2D eigenvalue weighted by molar-refractivity contribution is 9.10. The van der Waals surface area contributed by atoms with Crippen molar-refractivity contribution in [1.29, 1.82) is 0 Å². The topological polar surface area (TPSA) is 43.8 Å². The fourth-order valence-corrected chi connectivity index (χ4v) is 2.92. The normalized spacial score (nSPS) is 12.8. The van der Waals surface area contributed by atoms with Crippen molar-refractivity contribution in [3.05, 3.63) is 57.8 Å². The molecule has 0 fully saturated rings. The minimum atomic E-state index is -0.0305. The zero-order valence-corrected chi connectivity index (χ0v) is 14.0. The van der Waals surface area contributed by atoms with Gasteiger partial charge in [-0.2, -0.15) is 0 Å². The van der Waals surface area contributed by atoms with E-state index in [0.717, 1.165) is 26.8 Å². The molecule has 0 bridgehead atoms. The minimum Gasteiger partial charge on any atom is -0.324 e. The van der Waals surface area contributed by atoms with Crippen molar-refractivity contribution in [2.45, 2.75) is 26.8 Å². The molecule has 2 aromatic carbocycles. The summed E-state index contributed by atoms with van der Waals surface area (Å²) in [4.78, 5) is 4.53. The van der Waals surface area contributed by atoms with Crippen LogP contribution in [0.25, 0.3) is 16.7 Å². The van der Waals surface area contributed by atoms with Crippen LogP contribution in [0, 0.1) is 13.8 Å². The number of halogens is 1. The average molecular weight is 344 g/mol. The molecule has 0 amide bonds. The van der Waals surface area contributed by atoms with Crippen LogP contribution in [0.5, 0.6) is 0 Å². The first-order chi connectivity index (χ1) is 9.97. The lowest BCUT2D eigenvalue weighted by atomic mass is 10.1. The Morgan fingerprint density at radius 2 is 1.86 bits per heavy atom. The Morgan fingerprint density at radius 3 is 2.57 bits per heavy atom. The summed E-state index contributed by atoms with van der Waals surface area (Å²) in [5.41, 5.74) is 12.9. The van der Waals surface area contributed by atoms with Crippen molar-refractivity contribution in [1.82, 2.24) is 9.55 Å². The summed E-state index contributed by atoms with van der Waals surface area (Å²) in [7, 11) is 0. The van der Waals surface area contributed by atoms with Crippen LogP contribution in [0.15, 0.2) is 41.1 Å². The average Bonchev–Trinajstić information content (AvgIpc) is 2.81. The first-order valence-electron chi connectivity index (χ1n) is 6.97. The van der Waals surface area contributed by atoms with E-state index >= 15 is 0 Å². The Kier molecular flexibility index (Phi) is 3.59. The van der Waals surface area contributed by atoms with Gasteiger partial charge in [0.1, 0.15) is 6.33 Å². The molecule has 1 unspecified atom stereocenters. The maximum Gasteiger partial charge on any atom is 0.100 e. The SMILES string of the molecule is Cc1cc2ncn(-c3cc(Br)ccc3C(C)N)c2cc1C. The summed E-state index contributed by atoms with van der Waals surface area (Å²) in [5.74, 6) is 0. The summed E-state index contributed by atoms with van der Waals surface area (Å²) in [6.45, 7) is 6.24. The van der Waals surface area contributed by atoms with Crippen LogP contribution in [0.1, 0.15) is 29.7 Å². The fourth-order valence-electron chi connectivity index (χ4n) is 2.57. The summed E-state index contributed by atoms with van der Waals surface area (Å²) in [5, 5.41) is 0. The lowest BCUT2D eigenvalue weighted by Crippen LogP contribution is -2.09. The number of hydrogen-bond acceptors (Lipinski definition) is 2. The van der Waals surface area contributed by atoms with E-state index in [1.807, 2.05) is 19.3 Å². The van der Waals surface area contributed by atoms with Crippen LogP contribution in [0.3, 0.4) is 0 Å². The van der Waals surface area contributed by atoms with E-state index in [1.54, 1.807) is 0 Å². The van der Waals surface area contributed by atoms with Gasteiger partial charge in [0.05, 0.1) is 16.7 Å². The predicted octanol–water partition coefficient (Wildman–Crippen LogP) is 4.42. The third-order valence-corrected chi connectivity index (χ3v) is 4.40. The number of benzene rings is 2. The van der Waals surface area contributed by atoms with Crippen LogP contribution < -0.4 is 5.73 Å². The molecule has 0 spiro atoms. The first kappa shape index (κ1) is 14.3. The van der Waals surface area contributed by atoms with Gasteiger partial charge in [-0.05, 0) is 61.7 Å². The van der Waals surface area contributed by atoms with E-state index in [9.17, 15) is 0 Å². The van der Waals surface area contributed by atoms with E-state index in [2.05, 4.69) is 63.6 Å². The van der Waals surface area contributed by atoms with Crippen molar-refractivity contribution >= 4 is 27.0 Å². The van der Waals surface area contributed by atoms with Crippen LogP contribution in [0.2, 0.25) is 0 Å². The Balaban J connectivity index is 2.30. The van der Waals surface area contributed by atoms with Crippen molar-refractivity contribution in [2.75, 3.05) is 0 Å². The molecule has 3 aromatic rings. The number of imidazole rings is 1. The summed E-state index contributed by atoms with van der Waals surface area (Å²) < 4.78 is 3.15. The molecule has 108 valence electrons. The Labute approximate surface area is 132 Å². The van der Waals surface area contributed by atoms with Crippen LogP contribution >= 0.6 is 15.9 Å².